The first-order valence-electron chi connectivity index (χ1n) is 13.9. The van der Waals surface area contributed by atoms with E-state index < -0.39 is 0 Å². The molecule has 1 aliphatic rings. The third-order valence-corrected chi connectivity index (χ3v) is 8.24. The Morgan fingerprint density at radius 1 is 0.561 bits per heavy atom. The Labute approximate surface area is 236 Å². The van der Waals surface area contributed by atoms with Crippen molar-refractivity contribution < 1.29 is 0 Å². The maximum Gasteiger partial charge on any atom is 0.160 e. The van der Waals surface area contributed by atoms with Crippen LogP contribution in [-0.2, 0) is 0 Å². The van der Waals surface area contributed by atoms with Crippen molar-refractivity contribution in [2.75, 3.05) is 5.01 Å². The molecule has 41 heavy (non-hydrogen) atoms. The van der Waals surface area contributed by atoms with E-state index in [0.717, 1.165) is 33.8 Å². The molecule has 0 unspecified atom stereocenters. The van der Waals surface area contributed by atoms with Gasteiger partial charge in [-0.1, -0.05) is 91.0 Å². The van der Waals surface area contributed by atoms with Gasteiger partial charge in [0.15, 0.2) is 5.82 Å². The highest BCUT2D eigenvalue weighted by Gasteiger charge is 2.25. The van der Waals surface area contributed by atoms with Crippen LogP contribution >= 0.6 is 0 Å². The second-order valence-corrected chi connectivity index (χ2v) is 10.5. The molecule has 0 atom stereocenters. The lowest BCUT2D eigenvalue weighted by molar-refractivity contribution is 0.847. The SMILES string of the molecule is C1=CN(n2c(-c3ccccc3)nc3ccccc32)c2cccc3c2c1cc1c2ccccc2n(-c2ccccc2)c31. The van der Waals surface area contributed by atoms with Gasteiger partial charge in [0, 0.05) is 39.0 Å². The maximum absolute atomic E-state index is 5.09. The van der Waals surface area contributed by atoms with E-state index in [1.165, 1.54) is 38.1 Å². The first-order chi connectivity index (χ1) is 20.4. The van der Waals surface area contributed by atoms with E-state index >= 15 is 0 Å². The summed E-state index contributed by atoms with van der Waals surface area (Å²) in [5.74, 6) is 0.913. The van der Waals surface area contributed by atoms with Crippen LogP contribution in [0, 0.1) is 0 Å². The zero-order chi connectivity index (χ0) is 26.9. The zero-order valence-electron chi connectivity index (χ0n) is 22.1. The number of rotatable bonds is 3. The minimum atomic E-state index is 0.913. The Hall–Kier alpha value is -5.61. The molecule has 9 rings (SSSR count). The second-order valence-electron chi connectivity index (χ2n) is 10.5. The Bertz CT molecular complexity index is 2310. The molecule has 0 fully saturated rings. The maximum atomic E-state index is 5.09. The number of para-hydroxylation sites is 4. The zero-order valence-corrected chi connectivity index (χ0v) is 22.1. The van der Waals surface area contributed by atoms with Crippen LogP contribution in [-0.4, -0.2) is 14.2 Å². The van der Waals surface area contributed by atoms with Gasteiger partial charge in [-0.3, -0.25) is 5.01 Å². The summed E-state index contributed by atoms with van der Waals surface area (Å²) in [6, 6.07) is 47.3. The van der Waals surface area contributed by atoms with E-state index in [1.807, 2.05) is 6.07 Å². The third kappa shape index (κ3) is 3.13. The fraction of sp³-hybridized carbons (Fsp3) is 0. The normalized spacial score (nSPS) is 12.7. The van der Waals surface area contributed by atoms with Crippen LogP contribution < -0.4 is 5.01 Å². The highest BCUT2D eigenvalue weighted by atomic mass is 15.6. The van der Waals surface area contributed by atoms with E-state index in [-0.39, 0.29) is 0 Å². The van der Waals surface area contributed by atoms with Crippen molar-refractivity contribution in [1.29, 1.82) is 0 Å². The molecule has 1 aliphatic heterocycles. The summed E-state index contributed by atoms with van der Waals surface area (Å²) in [7, 11) is 0. The molecule has 6 aromatic carbocycles. The molecule has 0 spiro atoms. The molecular formula is C37H24N4. The quantitative estimate of drug-likeness (QED) is 0.230. The van der Waals surface area contributed by atoms with Gasteiger partial charge in [0.25, 0.3) is 0 Å². The summed E-state index contributed by atoms with van der Waals surface area (Å²) in [6.07, 6.45) is 4.42. The van der Waals surface area contributed by atoms with Crippen molar-refractivity contribution in [1.82, 2.24) is 14.2 Å². The first-order valence-corrected chi connectivity index (χ1v) is 13.9. The average Bonchev–Trinajstić information content (AvgIpc) is 3.59. The number of anilines is 1. The molecule has 0 N–H and O–H groups in total. The van der Waals surface area contributed by atoms with Crippen molar-refractivity contribution in [2.24, 2.45) is 0 Å². The Morgan fingerprint density at radius 2 is 1.27 bits per heavy atom. The molecule has 192 valence electrons. The van der Waals surface area contributed by atoms with Gasteiger partial charge in [0.2, 0.25) is 0 Å². The average molecular weight is 525 g/mol. The first kappa shape index (κ1) is 22.2. The summed E-state index contributed by atoms with van der Waals surface area (Å²) < 4.78 is 4.66. The molecule has 8 aromatic rings. The largest absolute Gasteiger partial charge is 0.309 e. The van der Waals surface area contributed by atoms with Crippen LogP contribution in [0.2, 0.25) is 0 Å². The number of fused-ring (bicyclic) bond motifs is 5. The third-order valence-electron chi connectivity index (χ3n) is 8.24. The monoisotopic (exact) mass is 524 g/mol. The number of hydrogen-bond donors (Lipinski definition) is 0. The standard InChI is InChI=1S/C37H24N4/c1-3-12-25(13-4-1)37-38-31-18-8-10-20-33(31)41(37)39-23-22-26-24-30-28-16-7-9-19-32(28)40(27-14-5-2-6-15-27)36(30)29-17-11-21-34(39)35(26)29/h1-24H. The smallest absolute Gasteiger partial charge is 0.160 e. The van der Waals surface area contributed by atoms with Gasteiger partial charge >= 0.3 is 0 Å². The van der Waals surface area contributed by atoms with E-state index in [0.29, 0.717) is 0 Å². The van der Waals surface area contributed by atoms with Crippen molar-refractivity contribution in [3.8, 4) is 17.1 Å². The molecule has 0 aliphatic carbocycles. The van der Waals surface area contributed by atoms with Gasteiger partial charge < -0.3 is 4.57 Å². The predicted octanol–water partition coefficient (Wildman–Crippen LogP) is 9.21. The van der Waals surface area contributed by atoms with Gasteiger partial charge in [-0.25, -0.2) is 9.66 Å². The molecular weight excluding hydrogens is 500 g/mol. The number of benzene rings is 6. The summed E-state index contributed by atoms with van der Waals surface area (Å²) in [6.45, 7) is 0. The molecule has 0 bridgehead atoms. The summed E-state index contributed by atoms with van der Waals surface area (Å²) in [5.41, 5.74) is 9.07. The fourth-order valence-corrected chi connectivity index (χ4v) is 6.52. The van der Waals surface area contributed by atoms with E-state index in [4.69, 9.17) is 4.98 Å². The molecule has 0 amide bonds. The van der Waals surface area contributed by atoms with Gasteiger partial charge in [0.1, 0.15) is 0 Å². The van der Waals surface area contributed by atoms with Crippen LogP contribution in [0.15, 0.2) is 140 Å². The summed E-state index contributed by atoms with van der Waals surface area (Å²) >= 11 is 0. The molecule has 0 saturated carbocycles. The minimum Gasteiger partial charge on any atom is -0.309 e. The molecule has 4 nitrogen and oxygen atoms in total. The molecule has 0 saturated heterocycles. The summed E-state index contributed by atoms with van der Waals surface area (Å²) in [4.78, 5) is 5.09. The van der Waals surface area contributed by atoms with Crippen molar-refractivity contribution in [3.63, 3.8) is 0 Å². The van der Waals surface area contributed by atoms with Crippen molar-refractivity contribution in [2.45, 2.75) is 0 Å². The number of hydrogen-bond acceptors (Lipinski definition) is 2. The molecule has 4 heteroatoms. The van der Waals surface area contributed by atoms with Gasteiger partial charge in [0.05, 0.1) is 27.8 Å². The second kappa shape index (κ2) is 8.44. The Kier molecular flexibility index (Phi) is 4.58. The highest BCUT2D eigenvalue weighted by molar-refractivity contribution is 6.23. The van der Waals surface area contributed by atoms with Crippen molar-refractivity contribution >= 4 is 55.4 Å². The number of imidazole rings is 1. The van der Waals surface area contributed by atoms with Crippen LogP contribution in [0.5, 0.6) is 0 Å². The van der Waals surface area contributed by atoms with Gasteiger partial charge in [-0.2, -0.15) is 0 Å². The van der Waals surface area contributed by atoms with E-state index in [1.54, 1.807) is 0 Å². The van der Waals surface area contributed by atoms with Gasteiger partial charge in [-0.05, 0) is 54.1 Å². The van der Waals surface area contributed by atoms with E-state index in [2.05, 4.69) is 154 Å². The number of aromatic nitrogens is 3. The predicted molar refractivity (Wildman–Crippen MR) is 170 cm³/mol. The molecule has 2 aromatic heterocycles. The van der Waals surface area contributed by atoms with Crippen LogP contribution in [0.1, 0.15) is 5.56 Å². The summed E-state index contributed by atoms with van der Waals surface area (Å²) in [5, 5.41) is 7.25. The number of nitrogens with zero attached hydrogens (tertiary/aromatic N) is 4. The lowest BCUT2D eigenvalue weighted by Crippen LogP contribution is -2.26. The Balaban J connectivity index is 1.38. The lowest BCUT2D eigenvalue weighted by Gasteiger charge is -2.29. The van der Waals surface area contributed by atoms with Gasteiger partial charge in [-0.15, -0.1) is 0 Å². The highest BCUT2D eigenvalue weighted by Crippen LogP contribution is 2.44. The van der Waals surface area contributed by atoms with Crippen molar-refractivity contribution in [3.05, 3.63) is 145 Å². The van der Waals surface area contributed by atoms with Crippen LogP contribution in [0.4, 0.5) is 5.69 Å². The van der Waals surface area contributed by atoms with E-state index in [9.17, 15) is 0 Å². The topological polar surface area (TPSA) is 26.0 Å². The molecule has 0 radical (unpaired) electrons. The Morgan fingerprint density at radius 3 is 2.12 bits per heavy atom. The lowest BCUT2D eigenvalue weighted by atomic mass is 9.96. The molecule has 3 heterocycles. The minimum absolute atomic E-state index is 0.913. The van der Waals surface area contributed by atoms with Crippen LogP contribution in [0.3, 0.4) is 0 Å². The fourth-order valence-electron chi connectivity index (χ4n) is 6.52. The van der Waals surface area contributed by atoms with Crippen LogP contribution in [0.25, 0.3) is 66.8 Å².